The number of hydrogen-bond donors (Lipinski definition) is 1. The predicted molar refractivity (Wildman–Crippen MR) is 73.7 cm³/mol. The molecule has 2 N–H and O–H groups in total. The summed E-state index contributed by atoms with van der Waals surface area (Å²) in [4.78, 5) is 22.5. The van der Waals surface area contributed by atoms with Gasteiger partial charge in [0.1, 0.15) is 5.69 Å². The maximum atomic E-state index is 11.1. The first-order valence-electron chi connectivity index (χ1n) is 6.40. The van der Waals surface area contributed by atoms with Crippen LogP contribution in [0.1, 0.15) is 12.8 Å². The van der Waals surface area contributed by atoms with Crippen LogP contribution in [0.5, 0.6) is 0 Å². The Morgan fingerprint density at radius 3 is 2.65 bits per heavy atom. The fraction of sp³-hybridized carbons (Fsp3) is 0.500. The Balaban J connectivity index is 2.35. The molecule has 1 aromatic carbocycles. The van der Waals surface area contributed by atoms with Crippen molar-refractivity contribution < 1.29 is 9.85 Å². The minimum Gasteiger partial charge on any atom is -0.366 e. The molecule has 108 valence electrons. The van der Waals surface area contributed by atoms with E-state index < -0.39 is 9.85 Å². The van der Waals surface area contributed by atoms with Gasteiger partial charge in [0.2, 0.25) is 0 Å². The van der Waals surface area contributed by atoms with E-state index in [0.29, 0.717) is 31.2 Å². The Kier molecular flexibility index (Phi) is 4.14. The first-order chi connectivity index (χ1) is 9.52. The predicted octanol–water partition coefficient (Wildman–Crippen LogP) is 1.68. The van der Waals surface area contributed by atoms with E-state index in [-0.39, 0.29) is 11.4 Å². The molecule has 1 heterocycles. The molecule has 1 aromatic rings. The summed E-state index contributed by atoms with van der Waals surface area (Å²) >= 11 is 0. The van der Waals surface area contributed by atoms with Crippen molar-refractivity contribution in [2.75, 3.05) is 24.5 Å². The normalized spacial score (nSPS) is 18.9. The zero-order valence-electron chi connectivity index (χ0n) is 10.9. The van der Waals surface area contributed by atoms with Gasteiger partial charge in [-0.2, -0.15) is 0 Å². The van der Waals surface area contributed by atoms with Gasteiger partial charge in [0.15, 0.2) is 0 Å². The van der Waals surface area contributed by atoms with Crippen LogP contribution in [-0.2, 0) is 0 Å². The molecular formula is C12H16N4O4. The highest BCUT2D eigenvalue weighted by atomic mass is 16.6. The molecule has 0 saturated carbocycles. The highest BCUT2D eigenvalue weighted by Crippen LogP contribution is 2.34. The Morgan fingerprint density at radius 2 is 2.05 bits per heavy atom. The van der Waals surface area contributed by atoms with E-state index in [0.717, 1.165) is 18.9 Å². The summed E-state index contributed by atoms with van der Waals surface area (Å²) in [5.74, 6) is 0.304. The van der Waals surface area contributed by atoms with Crippen LogP contribution >= 0.6 is 0 Å². The number of nitrogens with two attached hydrogens (primary N) is 1. The molecule has 1 atom stereocenters. The number of nitrogens with zero attached hydrogens (tertiary/aromatic N) is 3. The molecule has 0 aliphatic carbocycles. The minimum absolute atomic E-state index is 0.225. The zero-order chi connectivity index (χ0) is 14.7. The molecule has 1 fully saturated rings. The topological polar surface area (TPSA) is 116 Å². The summed E-state index contributed by atoms with van der Waals surface area (Å²) in [6.07, 6.45) is 1.92. The third-order valence-electron chi connectivity index (χ3n) is 3.56. The number of non-ortho nitro benzene ring substituents is 1. The van der Waals surface area contributed by atoms with Gasteiger partial charge in [-0.05, 0) is 31.4 Å². The SMILES string of the molecule is NCC1CCCN(c2ccc([N+](=O)[O-])cc2[N+](=O)[O-])C1. The molecule has 0 amide bonds. The van der Waals surface area contributed by atoms with Gasteiger partial charge < -0.3 is 10.6 Å². The van der Waals surface area contributed by atoms with Crippen LogP contribution in [0.25, 0.3) is 0 Å². The van der Waals surface area contributed by atoms with Crippen LogP contribution in [0.2, 0.25) is 0 Å². The van der Waals surface area contributed by atoms with E-state index in [1.165, 1.54) is 12.1 Å². The van der Waals surface area contributed by atoms with Crippen LogP contribution < -0.4 is 10.6 Å². The molecule has 2 rings (SSSR count). The standard InChI is InChI=1S/C12H16N4O4/c13-7-9-2-1-5-14(8-9)11-4-3-10(15(17)18)6-12(11)16(19)20/h3-4,6,9H,1-2,5,7-8,13H2. The molecule has 8 heteroatoms. The fourth-order valence-corrected chi connectivity index (χ4v) is 2.52. The molecule has 0 radical (unpaired) electrons. The van der Waals surface area contributed by atoms with Gasteiger partial charge >= 0.3 is 0 Å². The van der Waals surface area contributed by atoms with E-state index in [2.05, 4.69) is 0 Å². The number of hydrogen-bond acceptors (Lipinski definition) is 6. The second kappa shape index (κ2) is 5.83. The maximum Gasteiger partial charge on any atom is 0.299 e. The average Bonchev–Trinajstić information content (AvgIpc) is 2.46. The number of benzene rings is 1. The van der Waals surface area contributed by atoms with E-state index >= 15 is 0 Å². The number of anilines is 1. The lowest BCUT2D eigenvalue weighted by atomic mass is 9.97. The molecule has 0 bridgehead atoms. The van der Waals surface area contributed by atoms with Gasteiger partial charge in [0.05, 0.1) is 15.9 Å². The van der Waals surface area contributed by atoms with Gasteiger partial charge in [-0.1, -0.05) is 0 Å². The molecule has 1 saturated heterocycles. The van der Waals surface area contributed by atoms with Crippen LogP contribution in [0.4, 0.5) is 17.1 Å². The van der Waals surface area contributed by atoms with E-state index in [1.54, 1.807) is 0 Å². The zero-order valence-corrected chi connectivity index (χ0v) is 10.9. The van der Waals surface area contributed by atoms with Crippen LogP contribution in [0.15, 0.2) is 18.2 Å². The fourth-order valence-electron chi connectivity index (χ4n) is 2.52. The van der Waals surface area contributed by atoms with Crippen molar-refractivity contribution in [3.05, 3.63) is 38.4 Å². The van der Waals surface area contributed by atoms with Crippen LogP contribution in [0.3, 0.4) is 0 Å². The molecule has 20 heavy (non-hydrogen) atoms. The van der Waals surface area contributed by atoms with E-state index in [4.69, 9.17) is 5.73 Å². The third-order valence-corrected chi connectivity index (χ3v) is 3.56. The monoisotopic (exact) mass is 280 g/mol. The number of rotatable bonds is 4. The van der Waals surface area contributed by atoms with Crippen molar-refractivity contribution >= 4 is 17.1 Å². The van der Waals surface area contributed by atoms with E-state index in [1.807, 2.05) is 4.90 Å². The number of piperidine rings is 1. The molecule has 1 aliphatic heterocycles. The van der Waals surface area contributed by atoms with Crippen molar-refractivity contribution in [1.29, 1.82) is 0 Å². The Morgan fingerprint density at radius 1 is 1.30 bits per heavy atom. The molecule has 1 unspecified atom stereocenters. The highest BCUT2D eigenvalue weighted by Gasteiger charge is 2.27. The van der Waals surface area contributed by atoms with Gasteiger partial charge in [-0.15, -0.1) is 0 Å². The Labute approximate surface area is 115 Å². The summed E-state index contributed by atoms with van der Waals surface area (Å²) in [5.41, 5.74) is 5.59. The average molecular weight is 280 g/mol. The van der Waals surface area contributed by atoms with Gasteiger partial charge in [-0.25, -0.2) is 0 Å². The summed E-state index contributed by atoms with van der Waals surface area (Å²) in [7, 11) is 0. The lowest BCUT2D eigenvalue weighted by Gasteiger charge is -2.33. The van der Waals surface area contributed by atoms with E-state index in [9.17, 15) is 20.2 Å². The molecule has 8 nitrogen and oxygen atoms in total. The quantitative estimate of drug-likeness (QED) is 0.662. The smallest absolute Gasteiger partial charge is 0.299 e. The summed E-state index contributed by atoms with van der Waals surface area (Å²) in [6, 6.07) is 3.77. The van der Waals surface area contributed by atoms with Crippen molar-refractivity contribution in [1.82, 2.24) is 0 Å². The third kappa shape index (κ3) is 2.85. The maximum absolute atomic E-state index is 11.1. The second-order valence-electron chi connectivity index (χ2n) is 4.88. The number of nitro benzene ring substituents is 2. The summed E-state index contributed by atoms with van der Waals surface area (Å²) in [6.45, 7) is 1.89. The summed E-state index contributed by atoms with van der Waals surface area (Å²) in [5, 5.41) is 21.8. The lowest BCUT2D eigenvalue weighted by molar-refractivity contribution is -0.393. The van der Waals surface area contributed by atoms with Crippen molar-refractivity contribution in [3.63, 3.8) is 0 Å². The molecule has 0 aromatic heterocycles. The molecule has 0 spiro atoms. The van der Waals surface area contributed by atoms with Gasteiger partial charge in [-0.3, -0.25) is 20.2 Å². The first kappa shape index (κ1) is 14.2. The second-order valence-corrected chi connectivity index (χ2v) is 4.88. The Bertz CT molecular complexity index is 534. The lowest BCUT2D eigenvalue weighted by Crippen LogP contribution is -2.38. The molecule has 1 aliphatic rings. The summed E-state index contributed by atoms with van der Waals surface area (Å²) < 4.78 is 0. The van der Waals surface area contributed by atoms with Gasteiger partial charge in [0.25, 0.3) is 11.4 Å². The number of nitro groups is 2. The largest absolute Gasteiger partial charge is 0.366 e. The highest BCUT2D eigenvalue weighted by molar-refractivity contribution is 5.67. The Hall–Kier alpha value is -2.22. The first-order valence-corrected chi connectivity index (χ1v) is 6.40. The minimum atomic E-state index is -0.629. The van der Waals surface area contributed by atoms with Crippen LogP contribution in [-0.4, -0.2) is 29.5 Å². The van der Waals surface area contributed by atoms with Crippen molar-refractivity contribution in [2.24, 2.45) is 11.7 Å². The van der Waals surface area contributed by atoms with Crippen LogP contribution in [0, 0.1) is 26.1 Å². The van der Waals surface area contributed by atoms with Crippen molar-refractivity contribution in [3.8, 4) is 0 Å². The molecular weight excluding hydrogens is 264 g/mol. The van der Waals surface area contributed by atoms with Crippen molar-refractivity contribution in [2.45, 2.75) is 12.8 Å². The van der Waals surface area contributed by atoms with Gasteiger partial charge in [0, 0.05) is 19.2 Å².